The molecule has 0 radical (unpaired) electrons. The molecule has 1 aliphatic heterocycles. The smallest absolute Gasteiger partial charge is 0.246 e. The van der Waals surface area contributed by atoms with E-state index in [1.165, 1.54) is 11.1 Å². The molecule has 0 aliphatic carbocycles. The van der Waals surface area contributed by atoms with Crippen molar-refractivity contribution in [2.45, 2.75) is 40.0 Å². The number of aryl methyl sites for hydroxylation is 2. The molecule has 0 atom stereocenters. The van der Waals surface area contributed by atoms with Crippen LogP contribution in [-0.2, 0) is 9.59 Å². The van der Waals surface area contributed by atoms with E-state index in [4.69, 9.17) is 0 Å². The Hall–Kier alpha value is -2.10. The number of hydrogen-bond acceptors (Lipinski definition) is 2. The number of benzene rings is 1. The summed E-state index contributed by atoms with van der Waals surface area (Å²) >= 11 is 0. The Kier molecular flexibility index (Phi) is 6.59. The Morgan fingerprint density at radius 3 is 2.58 bits per heavy atom. The van der Waals surface area contributed by atoms with E-state index in [1.54, 1.807) is 6.08 Å². The van der Waals surface area contributed by atoms with E-state index in [-0.39, 0.29) is 17.7 Å². The Balaban J connectivity index is 1.86. The third-order valence-electron chi connectivity index (χ3n) is 4.56. The molecule has 1 heterocycles. The topological polar surface area (TPSA) is 49.4 Å². The van der Waals surface area contributed by atoms with E-state index in [9.17, 15) is 9.59 Å². The number of nitrogens with one attached hydrogen (secondary N) is 1. The SMILES string of the molecule is CCCNC(=O)C1CCN(C(=O)/C=C/c2ccc(C)cc2C)CC1. The van der Waals surface area contributed by atoms with Gasteiger partial charge in [0.1, 0.15) is 0 Å². The molecule has 0 spiro atoms. The van der Waals surface area contributed by atoms with Gasteiger partial charge in [-0.15, -0.1) is 0 Å². The van der Waals surface area contributed by atoms with Crippen molar-refractivity contribution >= 4 is 17.9 Å². The second-order valence-corrected chi connectivity index (χ2v) is 6.58. The number of likely N-dealkylation sites (tertiary alicyclic amines) is 1. The fraction of sp³-hybridized carbons (Fsp3) is 0.500. The summed E-state index contributed by atoms with van der Waals surface area (Å²) in [6.07, 6.45) is 5.98. The quantitative estimate of drug-likeness (QED) is 0.845. The van der Waals surface area contributed by atoms with Crippen LogP contribution in [-0.4, -0.2) is 36.3 Å². The van der Waals surface area contributed by atoms with Crippen LogP contribution in [0.25, 0.3) is 6.08 Å². The highest BCUT2D eigenvalue weighted by molar-refractivity contribution is 5.92. The van der Waals surface area contributed by atoms with Gasteiger partial charge in [0.15, 0.2) is 0 Å². The third-order valence-corrected chi connectivity index (χ3v) is 4.56. The maximum atomic E-state index is 12.3. The van der Waals surface area contributed by atoms with Gasteiger partial charge in [-0.1, -0.05) is 30.7 Å². The molecule has 1 N–H and O–H groups in total. The summed E-state index contributed by atoms with van der Waals surface area (Å²) in [5, 5.41) is 2.95. The van der Waals surface area contributed by atoms with Gasteiger partial charge < -0.3 is 10.2 Å². The third kappa shape index (κ3) is 4.95. The van der Waals surface area contributed by atoms with Gasteiger partial charge in [0.2, 0.25) is 11.8 Å². The molecule has 2 rings (SSSR count). The largest absolute Gasteiger partial charge is 0.356 e. The lowest BCUT2D eigenvalue weighted by Gasteiger charge is -2.30. The van der Waals surface area contributed by atoms with Crippen molar-refractivity contribution in [2.75, 3.05) is 19.6 Å². The zero-order chi connectivity index (χ0) is 17.5. The summed E-state index contributed by atoms with van der Waals surface area (Å²) in [6.45, 7) is 8.20. The van der Waals surface area contributed by atoms with Crippen LogP contribution in [0.1, 0.15) is 42.9 Å². The van der Waals surface area contributed by atoms with E-state index >= 15 is 0 Å². The highest BCUT2D eigenvalue weighted by atomic mass is 16.2. The minimum atomic E-state index is 0.0300. The zero-order valence-electron chi connectivity index (χ0n) is 15.0. The fourth-order valence-corrected chi connectivity index (χ4v) is 3.03. The number of hydrogen-bond donors (Lipinski definition) is 1. The van der Waals surface area contributed by atoms with Gasteiger partial charge in [0.05, 0.1) is 0 Å². The predicted molar refractivity (Wildman–Crippen MR) is 97.6 cm³/mol. The standard InChI is InChI=1S/C20H28N2O2/c1-4-11-21-20(24)18-9-12-22(13-10-18)19(23)8-7-17-6-5-15(2)14-16(17)3/h5-8,14,18H,4,9-13H2,1-3H3,(H,21,24)/b8-7+. The van der Waals surface area contributed by atoms with Gasteiger partial charge in [-0.3, -0.25) is 9.59 Å². The normalized spacial score (nSPS) is 15.7. The molecule has 1 aromatic carbocycles. The minimum Gasteiger partial charge on any atom is -0.356 e. The predicted octanol–water partition coefficient (Wildman–Crippen LogP) is 3.08. The van der Waals surface area contributed by atoms with Crippen molar-refractivity contribution in [3.8, 4) is 0 Å². The molecule has 2 amide bonds. The van der Waals surface area contributed by atoms with Gasteiger partial charge >= 0.3 is 0 Å². The Morgan fingerprint density at radius 2 is 1.96 bits per heavy atom. The van der Waals surface area contributed by atoms with Crippen molar-refractivity contribution in [3.05, 3.63) is 41.0 Å². The number of carbonyl (C=O) groups excluding carboxylic acids is 2. The molecule has 1 aliphatic rings. The lowest BCUT2D eigenvalue weighted by atomic mass is 9.95. The Labute approximate surface area is 144 Å². The number of carbonyl (C=O) groups is 2. The Morgan fingerprint density at radius 1 is 1.25 bits per heavy atom. The molecule has 130 valence electrons. The fourth-order valence-electron chi connectivity index (χ4n) is 3.03. The summed E-state index contributed by atoms with van der Waals surface area (Å²) < 4.78 is 0. The van der Waals surface area contributed by atoms with Crippen molar-refractivity contribution in [3.63, 3.8) is 0 Å². The first-order valence-electron chi connectivity index (χ1n) is 8.83. The molecule has 0 unspecified atom stereocenters. The van der Waals surface area contributed by atoms with Crippen LogP contribution >= 0.6 is 0 Å². The molecule has 4 nitrogen and oxygen atoms in total. The van der Waals surface area contributed by atoms with Crippen LogP contribution in [0.15, 0.2) is 24.3 Å². The minimum absolute atomic E-state index is 0.0300. The lowest BCUT2D eigenvalue weighted by Crippen LogP contribution is -2.42. The van der Waals surface area contributed by atoms with E-state index in [0.29, 0.717) is 13.1 Å². The van der Waals surface area contributed by atoms with Crippen molar-refractivity contribution in [1.29, 1.82) is 0 Å². The van der Waals surface area contributed by atoms with Crippen LogP contribution in [0.3, 0.4) is 0 Å². The molecule has 1 saturated heterocycles. The molecule has 0 saturated carbocycles. The van der Waals surface area contributed by atoms with Gasteiger partial charge in [0.25, 0.3) is 0 Å². The second kappa shape index (κ2) is 8.67. The molecule has 1 fully saturated rings. The van der Waals surface area contributed by atoms with Gasteiger partial charge in [-0.05, 0) is 50.3 Å². The molecule has 24 heavy (non-hydrogen) atoms. The van der Waals surface area contributed by atoms with Crippen molar-refractivity contribution in [1.82, 2.24) is 10.2 Å². The van der Waals surface area contributed by atoms with E-state index < -0.39 is 0 Å². The average molecular weight is 328 g/mol. The maximum absolute atomic E-state index is 12.3. The van der Waals surface area contributed by atoms with Gasteiger partial charge in [0, 0.05) is 31.6 Å². The molecule has 4 heteroatoms. The highest BCUT2D eigenvalue weighted by Gasteiger charge is 2.26. The lowest BCUT2D eigenvalue weighted by molar-refractivity contribution is -0.132. The highest BCUT2D eigenvalue weighted by Crippen LogP contribution is 2.18. The van der Waals surface area contributed by atoms with Gasteiger partial charge in [-0.2, -0.15) is 0 Å². The van der Waals surface area contributed by atoms with Crippen LogP contribution in [0, 0.1) is 19.8 Å². The van der Waals surface area contributed by atoms with Crippen molar-refractivity contribution < 1.29 is 9.59 Å². The maximum Gasteiger partial charge on any atom is 0.246 e. The summed E-state index contributed by atoms with van der Waals surface area (Å²) in [6, 6.07) is 6.21. The van der Waals surface area contributed by atoms with E-state index in [0.717, 1.165) is 31.4 Å². The van der Waals surface area contributed by atoms with Gasteiger partial charge in [-0.25, -0.2) is 0 Å². The van der Waals surface area contributed by atoms with Crippen LogP contribution in [0.4, 0.5) is 0 Å². The number of amides is 2. The molecular weight excluding hydrogens is 300 g/mol. The summed E-state index contributed by atoms with van der Waals surface area (Å²) in [7, 11) is 0. The monoisotopic (exact) mass is 328 g/mol. The van der Waals surface area contributed by atoms with Crippen molar-refractivity contribution in [2.24, 2.45) is 5.92 Å². The Bertz CT molecular complexity index is 614. The number of nitrogens with zero attached hydrogens (tertiary/aromatic N) is 1. The zero-order valence-corrected chi connectivity index (χ0v) is 15.0. The summed E-state index contributed by atoms with van der Waals surface area (Å²) in [5.41, 5.74) is 3.47. The molecule has 0 aromatic heterocycles. The first-order chi connectivity index (χ1) is 11.5. The van der Waals surface area contributed by atoms with E-state index in [2.05, 4.69) is 31.3 Å². The first-order valence-corrected chi connectivity index (χ1v) is 8.83. The molecular formula is C20H28N2O2. The van der Waals surface area contributed by atoms with E-state index in [1.807, 2.05) is 24.0 Å². The van der Waals surface area contributed by atoms with Crippen LogP contribution in [0.2, 0.25) is 0 Å². The van der Waals surface area contributed by atoms with Crippen LogP contribution < -0.4 is 5.32 Å². The molecule has 1 aromatic rings. The second-order valence-electron chi connectivity index (χ2n) is 6.58. The number of piperidine rings is 1. The molecule has 0 bridgehead atoms. The average Bonchev–Trinajstić information content (AvgIpc) is 2.58. The number of rotatable bonds is 5. The summed E-state index contributed by atoms with van der Waals surface area (Å²) in [4.78, 5) is 26.2. The summed E-state index contributed by atoms with van der Waals surface area (Å²) in [5.74, 6) is 0.209. The van der Waals surface area contributed by atoms with Crippen LogP contribution in [0.5, 0.6) is 0 Å². The first kappa shape index (κ1) is 18.2.